The maximum Gasteiger partial charge on any atom is 0.339 e. The van der Waals surface area contributed by atoms with Crippen LogP contribution in [0.4, 0.5) is 8.78 Å². The number of rotatable bonds is 5. The van der Waals surface area contributed by atoms with Crippen LogP contribution < -0.4 is 0 Å². The summed E-state index contributed by atoms with van der Waals surface area (Å²) in [6.07, 6.45) is -1.22. The molecule has 0 aliphatic rings. The van der Waals surface area contributed by atoms with Crippen LogP contribution in [0.5, 0.6) is 0 Å². The van der Waals surface area contributed by atoms with E-state index in [1.807, 2.05) is 0 Å². The van der Waals surface area contributed by atoms with Crippen LogP contribution in [-0.2, 0) is 13.6 Å². The minimum absolute atomic E-state index is 0.0450. The number of hydrogen-bond acceptors (Lipinski definition) is 3. The molecule has 0 saturated heterocycles. The molecule has 16 heavy (non-hydrogen) atoms. The number of carboxylic acid groups (broad SMARTS) is 1. The largest absolute Gasteiger partial charge is 0.478 e. The summed E-state index contributed by atoms with van der Waals surface area (Å²) in [7, 11) is 3.09. The molecule has 0 atom stereocenters. The summed E-state index contributed by atoms with van der Waals surface area (Å²) in [6, 6.07) is 0. The molecule has 0 bridgehead atoms. The number of nitrogens with zero attached hydrogens (tertiary/aromatic N) is 3. The Labute approximate surface area is 91.3 Å². The Hall–Kier alpha value is -1.50. The Morgan fingerprint density at radius 1 is 1.69 bits per heavy atom. The van der Waals surface area contributed by atoms with Gasteiger partial charge in [-0.05, 0) is 7.05 Å². The monoisotopic (exact) mass is 233 g/mol. The molecule has 0 fully saturated rings. The standard InChI is InChI=1S/C9H13F2N3O2/c1-13(5-8(10)11)4-7-6(9(15)16)3-12-14(7)2/h3,8H,4-5H2,1-2H3,(H,15,16). The lowest BCUT2D eigenvalue weighted by atomic mass is 10.2. The van der Waals surface area contributed by atoms with Crippen molar-refractivity contribution in [3.05, 3.63) is 17.5 Å². The predicted octanol–water partition coefficient (Wildman–Crippen LogP) is 0.815. The smallest absolute Gasteiger partial charge is 0.339 e. The number of alkyl halides is 2. The first-order chi connectivity index (χ1) is 7.41. The summed E-state index contributed by atoms with van der Waals surface area (Å²) < 4.78 is 25.6. The molecule has 0 aliphatic carbocycles. The van der Waals surface area contributed by atoms with Gasteiger partial charge in [-0.25, -0.2) is 13.6 Å². The van der Waals surface area contributed by atoms with E-state index in [4.69, 9.17) is 5.11 Å². The SMILES string of the molecule is CN(Cc1c(C(=O)O)cnn1C)CC(F)F. The van der Waals surface area contributed by atoms with Gasteiger partial charge in [0.05, 0.1) is 18.4 Å². The number of aromatic carboxylic acids is 1. The fourth-order valence-corrected chi connectivity index (χ4v) is 1.38. The van der Waals surface area contributed by atoms with E-state index < -0.39 is 18.9 Å². The highest BCUT2D eigenvalue weighted by atomic mass is 19.3. The van der Waals surface area contributed by atoms with Crippen molar-refractivity contribution in [2.24, 2.45) is 7.05 Å². The molecule has 0 radical (unpaired) electrons. The normalized spacial score (nSPS) is 11.4. The predicted molar refractivity (Wildman–Crippen MR) is 52.5 cm³/mol. The number of carboxylic acids is 1. The van der Waals surface area contributed by atoms with Crippen molar-refractivity contribution in [2.75, 3.05) is 13.6 Å². The first kappa shape index (κ1) is 12.6. The Morgan fingerprint density at radius 2 is 2.31 bits per heavy atom. The third-order valence-corrected chi connectivity index (χ3v) is 2.16. The molecule has 1 rings (SSSR count). The van der Waals surface area contributed by atoms with Gasteiger partial charge in [0, 0.05) is 13.6 Å². The van der Waals surface area contributed by atoms with Gasteiger partial charge < -0.3 is 5.11 Å². The second-order valence-electron chi connectivity index (χ2n) is 3.52. The molecule has 0 spiro atoms. The fraction of sp³-hybridized carbons (Fsp3) is 0.556. The topological polar surface area (TPSA) is 58.4 Å². The molecule has 5 nitrogen and oxygen atoms in total. The van der Waals surface area contributed by atoms with Crippen LogP contribution in [-0.4, -0.2) is 45.8 Å². The van der Waals surface area contributed by atoms with E-state index >= 15 is 0 Å². The molecule has 7 heteroatoms. The van der Waals surface area contributed by atoms with Crippen molar-refractivity contribution in [3.63, 3.8) is 0 Å². The van der Waals surface area contributed by atoms with Crippen molar-refractivity contribution in [2.45, 2.75) is 13.0 Å². The van der Waals surface area contributed by atoms with Crippen LogP contribution in [0.2, 0.25) is 0 Å². The van der Waals surface area contributed by atoms with Gasteiger partial charge in [0.1, 0.15) is 5.56 Å². The second kappa shape index (κ2) is 5.02. The van der Waals surface area contributed by atoms with Gasteiger partial charge in [0.25, 0.3) is 6.43 Å². The summed E-state index contributed by atoms with van der Waals surface area (Å²) in [5.74, 6) is -1.10. The van der Waals surface area contributed by atoms with Gasteiger partial charge in [0.15, 0.2) is 0 Å². The maximum atomic E-state index is 12.1. The molecule has 0 aliphatic heterocycles. The number of halogens is 2. The first-order valence-corrected chi connectivity index (χ1v) is 4.62. The first-order valence-electron chi connectivity index (χ1n) is 4.62. The van der Waals surface area contributed by atoms with E-state index in [2.05, 4.69) is 5.10 Å². The van der Waals surface area contributed by atoms with E-state index in [1.54, 1.807) is 7.05 Å². The van der Waals surface area contributed by atoms with Crippen LogP contribution >= 0.6 is 0 Å². The highest BCUT2D eigenvalue weighted by Gasteiger charge is 2.17. The summed E-state index contributed by atoms with van der Waals surface area (Å²) in [5, 5.41) is 12.6. The molecule has 0 unspecified atom stereocenters. The third kappa shape index (κ3) is 2.99. The lowest BCUT2D eigenvalue weighted by Crippen LogP contribution is -2.26. The molecule has 1 heterocycles. The summed E-state index contributed by atoms with van der Waals surface area (Å²) in [4.78, 5) is 12.2. The molecule has 1 aromatic rings. The molecule has 90 valence electrons. The van der Waals surface area contributed by atoms with Crippen LogP contribution in [0.15, 0.2) is 6.20 Å². The summed E-state index contributed by atoms with van der Waals surface area (Å²) >= 11 is 0. The molecule has 1 aromatic heterocycles. The van der Waals surface area contributed by atoms with E-state index in [-0.39, 0.29) is 12.1 Å². The van der Waals surface area contributed by atoms with Gasteiger partial charge in [0.2, 0.25) is 0 Å². The number of aromatic nitrogens is 2. The summed E-state index contributed by atoms with van der Waals surface area (Å²) in [5.41, 5.74) is 0.458. The van der Waals surface area contributed by atoms with Gasteiger partial charge in [-0.2, -0.15) is 5.10 Å². The van der Waals surface area contributed by atoms with Crippen LogP contribution in [0.25, 0.3) is 0 Å². The number of carbonyl (C=O) groups is 1. The van der Waals surface area contributed by atoms with Gasteiger partial charge >= 0.3 is 5.97 Å². The van der Waals surface area contributed by atoms with E-state index in [0.29, 0.717) is 5.69 Å². The highest BCUT2D eigenvalue weighted by molar-refractivity contribution is 5.88. The van der Waals surface area contributed by atoms with Crippen LogP contribution in [0.1, 0.15) is 16.1 Å². The van der Waals surface area contributed by atoms with Crippen LogP contribution in [0.3, 0.4) is 0 Å². The molecular weight excluding hydrogens is 220 g/mol. The van der Waals surface area contributed by atoms with Gasteiger partial charge in [-0.15, -0.1) is 0 Å². The quantitative estimate of drug-likeness (QED) is 0.817. The number of hydrogen-bond donors (Lipinski definition) is 1. The Bertz CT molecular complexity index is 379. The zero-order chi connectivity index (χ0) is 12.3. The minimum atomic E-state index is -2.44. The lowest BCUT2D eigenvalue weighted by Gasteiger charge is -2.16. The molecule has 0 saturated carbocycles. The van der Waals surface area contributed by atoms with Crippen molar-refractivity contribution in [1.82, 2.24) is 14.7 Å². The zero-order valence-corrected chi connectivity index (χ0v) is 9.02. The molecule has 0 amide bonds. The Balaban J connectivity index is 2.79. The average Bonchev–Trinajstić information content (AvgIpc) is 2.46. The van der Waals surface area contributed by atoms with Crippen molar-refractivity contribution < 1.29 is 18.7 Å². The van der Waals surface area contributed by atoms with Crippen molar-refractivity contribution in [1.29, 1.82) is 0 Å². The van der Waals surface area contributed by atoms with Crippen LogP contribution in [0, 0.1) is 0 Å². The lowest BCUT2D eigenvalue weighted by molar-refractivity contribution is 0.0693. The second-order valence-corrected chi connectivity index (χ2v) is 3.52. The molecule has 1 N–H and O–H groups in total. The minimum Gasteiger partial charge on any atom is -0.478 e. The Kier molecular flexibility index (Phi) is 3.94. The van der Waals surface area contributed by atoms with Gasteiger partial charge in [-0.1, -0.05) is 0 Å². The summed E-state index contributed by atoms with van der Waals surface area (Å²) in [6.45, 7) is -0.271. The fourth-order valence-electron chi connectivity index (χ4n) is 1.38. The van der Waals surface area contributed by atoms with E-state index in [1.165, 1.54) is 22.8 Å². The number of aryl methyl sites for hydroxylation is 1. The zero-order valence-electron chi connectivity index (χ0n) is 9.02. The molecular formula is C9H13F2N3O2. The van der Waals surface area contributed by atoms with Crippen molar-refractivity contribution in [3.8, 4) is 0 Å². The molecule has 0 aromatic carbocycles. The maximum absolute atomic E-state index is 12.1. The van der Waals surface area contributed by atoms with E-state index in [9.17, 15) is 13.6 Å². The third-order valence-electron chi connectivity index (χ3n) is 2.16. The Morgan fingerprint density at radius 3 is 2.81 bits per heavy atom. The van der Waals surface area contributed by atoms with Gasteiger partial charge in [-0.3, -0.25) is 9.58 Å². The van der Waals surface area contributed by atoms with E-state index in [0.717, 1.165) is 0 Å². The highest BCUT2D eigenvalue weighted by Crippen LogP contribution is 2.10. The van der Waals surface area contributed by atoms with Crippen molar-refractivity contribution >= 4 is 5.97 Å². The average molecular weight is 233 g/mol.